The molecule has 0 spiro atoms. The molecule has 1 unspecified atom stereocenters. The number of benzene rings is 1. The highest BCUT2D eigenvalue weighted by molar-refractivity contribution is 5.81. The summed E-state index contributed by atoms with van der Waals surface area (Å²) in [6.45, 7) is 0. The lowest BCUT2D eigenvalue weighted by molar-refractivity contribution is -0.123. The fourth-order valence-electron chi connectivity index (χ4n) is 2.26. The van der Waals surface area contributed by atoms with Crippen LogP contribution in [0.1, 0.15) is 24.6 Å². The third kappa shape index (κ3) is 2.29. The first-order valence-electron chi connectivity index (χ1n) is 6.95. The van der Waals surface area contributed by atoms with Crippen molar-refractivity contribution in [3.8, 4) is 11.4 Å². The van der Waals surface area contributed by atoms with Crippen LogP contribution < -0.4 is 5.32 Å². The van der Waals surface area contributed by atoms with Crippen molar-refractivity contribution in [2.24, 2.45) is 16.1 Å². The first-order valence-corrected chi connectivity index (χ1v) is 6.95. The molecule has 1 aliphatic heterocycles. The van der Waals surface area contributed by atoms with Crippen molar-refractivity contribution < 1.29 is 4.79 Å². The number of hydrogen-bond acceptors (Lipinski definition) is 5. The zero-order valence-corrected chi connectivity index (χ0v) is 11.2. The molecule has 2 heterocycles. The van der Waals surface area contributed by atoms with Crippen molar-refractivity contribution in [2.45, 2.75) is 19.0 Å². The molecular formula is C15H13N5O. The van der Waals surface area contributed by atoms with Gasteiger partial charge >= 0.3 is 0 Å². The fourth-order valence-corrected chi connectivity index (χ4v) is 2.26. The van der Waals surface area contributed by atoms with Crippen molar-refractivity contribution in [1.82, 2.24) is 15.3 Å². The first-order chi connectivity index (χ1) is 10.3. The molecule has 1 atom stereocenters. The monoisotopic (exact) mass is 279 g/mol. The molecule has 21 heavy (non-hydrogen) atoms. The van der Waals surface area contributed by atoms with Crippen LogP contribution in [-0.2, 0) is 4.79 Å². The molecule has 2 aromatic rings. The minimum Gasteiger partial charge on any atom is -0.329 e. The van der Waals surface area contributed by atoms with Gasteiger partial charge in [0.05, 0.1) is 5.56 Å². The van der Waals surface area contributed by atoms with Gasteiger partial charge in [0.25, 0.3) is 0 Å². The molecule has 4 rings (SSSR count). The van der Waals surface area contributed by atoms with Gasteiger partial charge in [-0.25, -0.2) is 9.97 Å². The summed E-state index contributed by atoms with van der Waals surface area (Å²) in [6, 6.07) is 9.71. The topological polar surface area (TPSA) is 79.6 Å². The van der Waals surface area contributed by atoms with Gasteiger partial charge in [0.1, 0.15) is 0 Å². The number of hydrogen-bond donors (Lipinski definition) is 1. The SMILES string of the molecule is O=C(NC1N=Nc2nc(-c3ccccc3)ncc21)C1CC1. The maximum Gasteiger partial charge on any atom is 0.225 e. The van der Waals surface area contributed by atoms with Crippen LogP contribution in [0.3, 0.4) is 0 Å². The zero-order valence-electron chi connectivity index (χ0n) is 11.2. The number of carbonyl (C=O) groups is 1. The number of azo groups is 1. The third-order valence-corrected chi connectivity index (χ3v) is 3.62. The highest BCUT2D eigenvalue weighted by atomic mass is 16.2. The highest BCUT2D eigenvalue weighted by Crippen LogP contribution is 2.35. The van der Waals surface area contributed by atoms with Crippen LogP contribution in [-0.4, -0.2) is 15.9 Å². The lowest BCUT2D eigenvalue weighted by atomic mass is 10.2. The van der Waals surface area contributed by atoms with Crippen molar-refractivity contribution in [3.05, 3.63) is 42.1 Å². The Bertz CT molecular complexity index is 724. The summed E-state index contributed by atoms with van der Waals surface area (Å²) in [5, 5.41) is 11.0. The molecule has 0 saturated heterocycles. The standard InChI is InChI=1S/C15H13N5O/c21-15(10-6-7-10)18-14-11-8-16-12(17-13(11)19-20-14)9-4-2-1-3-5-9/h1-5,8,10,14H,6-7H2,(H,18,21). The molecule has 1 aromatic carbocycles. The Labute approximate surface area is 121 Å². The zero-order chi connectivity index (χ0) is 14.2. The van der Waals surface area contributed by atoms with Gasteiger partial charge in [-0.3, -0.25) is 4.79 Å². The summed E-state index contributed by atoms with van der Waals surface area (Å²) in [5.74, 6) is 1.33. The Kier molecular flexibility index (Phi) is 2.73. The first kappa shape index (κ1) is 12.1. The second kappa shape index (κ2) is 4.73. The molecule has 2 aliphatic rings. The number of aromatic nitrogens is 2. The van der Waals surface area contributed by atoms with Gasteiger partial charge < -0.3 is 5.32 Å². The molecule has 1 aromatic heterocycles. The quantitative estimate of drug-likeness (QED) is 0.938. The summed E-state index contributed by atoms with van der Waals surface area (Å²) >= 11 is 0. The summed E-state index contributed by atoms with van der Waals surface area (Å²) in [4.78, 5) is 20.6. The molecular weight excluding hydrogens is 266 g/mol. The number of amides is 1. The van der Waals surface area contributed by atoms with Gasteiger partial charge in [0.15, 0.2) is 17.8 Å². The number of rotatable bonds is 3. The Morgan fingerprint density at radius 2 is 2.00 bits per heavy atom. The van der Waals surface area contributed by atoms with Gasteiger partial charge in [-0.1, -0.05) is 30.3 Å². The fraction of sp³-hybridized carbons (Fsp3) is 0.267. The van der Waals surface area contributed by atoms with Crippen LogP contribution >= 0.6 is 0 Å². The average Bonchev–Trinajstić information content (AvgIpc) is 3.31. The summed E-state index contributed by atoms with van der Waals surface area (Å²) in [6.07, 6.45) is 3.18. The maximum atomic E-state index is 11.8. The average molecular weight is 279 g/mol. The molecule has 0 radical (unpaired) electrons. The number of nitrogens with zero attached hydrogens (tertiary/aromatic N) is 4. The Morgan fingerprint density at radius 1 is 1.19 bits per heavy atom. The molecule has 104 valence electrons. The van der Waals surface area contributed by atoms with E-state index in [9.17, 15) is 4.79 Å². The van der Waals surface area contributed by atoms with E-state index in [-0.39, 0.29) is 11.8 Å². The van der Waals surface area contributed by atoms with Gasteiger partial charge in [-0.2, -0.15) is 5.11 Å². The molecule has 1 amide bonds. The molecule has 1 N–H and O–H groups in total. The Balaban J connectivity index is 1.60. The van der Waals surface area contributed by atoms with Crippen LogP contribution in [0.25, 0.3) is 11.4 Å². The summed E-state index contributed by atoms with van der Waals surface area (Å²) in [5.41, 5.74) is 1.68. The second-order valence-electron chi connectivity index (χ2n) is 5.24. The normalized spacial score (nSPS) is 19.3. The predicted molar refractivity (Wildman–Crippen MR) is 75.6 cm³/mol. The predicted octanol–water partition coefficient (Wildman–Crippen LogP) is 2.77. The van der Waals surface area contributed by atoms with Crippen molar-refractivity contribution in [3.63, 3.8) is 0 Å². The Hall–Kier alpha value is -2.63. The molecule has 6 heteroatoms. The van der Waals surface area contributed by atoms with E-state index >= 15 is 0 Å². The van der Waals surface area contributed by atoms with Crippen molar-refractivity contribution in [1.29, 1.82) is 0 Å². The van der Waals surface area contributed by atoms with E-state index in [4.69, 9.17) is 0 Å². The van der Waals surface area contributed by atoms with E-state index in [0.717, 1.165) is 24.0 Å². The molecule has 6 nitrogen and oxygen atoms in total. The van der Waals surface area contributed by atoms with Crippen molar-refractivity contribution in [2.75, 3.05) is 0 Å². The van der Waals surface area contributed by atoms with Crippen LogP contribution in [0.2, 0.25) is 0 Å². The minimum absolute atomic E-state index is 0.0407. The maximum absolute atomic E-state index is 11.8. The smallest absolute Gasteiger partial charge is 0.225 e. The van der Waals surface area contributed by atoms with E-state index in [2.05, 4.69) is 25.5 Å². The van der Waals surface area contributed by atoms with Crippen LogP contribution in [0.4, 0.5) is 5.82 Å². The molecule has 1 aliphatic carbocycles. The van der Waals surface area contributed by atoms with E-state index in [0.29, 0.717) is 11.6 Å². The molecule has 1 fully saturated rings. The lowest BCUT2D eigenvalue weighted by Gasteiger charge is -2.09. The van der Waals surface area contributed by atoms with Crippen LogP contribution in [0, 0.1) is 5.92 Å². The third-order valence-electron chi connectivity index (χ3n) is 3.62. The van der Waals surface area contributed by atoms with Crippen molar-refractivity contribution >= 4 is 11.7 Å². The molecule has 0 bridgehead atoms. The number of carbonyl (C=O) groups excluding carboxylic acids is 1. The summed E-state index contributed by atoms with van der Waals surface area (Å²) in [7, 11) is 0. The largest absolute Gasteiger partial charge is 0.329 e. The molecule has 1 saturated carbocycles. The van der Waals surface area contributed by atoms with Gasteiger partial charge in [0, 0.05) is 17.7 Å². The summed E-state index contributed by atoms with van der Waals surface area (Å²) < 4.78 is 0. The van der Waals surface area contributed by atoms with E-state index < -0.39 is 6.17 Å². The number of nitrogens with one attached hydrogen (secondary N) is 1. The lowest BCUT2D eigenvalue weighted by Crippen LogP contribution is -2.27. The van der Waals surface area contributed by atoms with E-state index in [1.54, 1.807) is 6.20 Å². The number of fused-ring (bicyclic) bond motifs is 1. The van der Waals surface area contributed by atoms with Gasteiger partial charge in [-0.15, -0.1) is 5.11 Å². The van der Waals surface area contributed by atoms with E-state index in [1.807, 2.05) is 30.3 Å². The van der Waals surface area contributed by atoms with Crippen LogP contribution in [0.5, 0.6) is 0 Å². The highest BCUT2D eigenvalue weighted by Gasteiger charge is 2.33. The Morgan fingerprint density at radius 3 is 2.76 bits per heavy atom. The minimum atomic E-state index is -0.446. The van der Waals surface area contributed by atoms with Crippen LogP contribution in [0.15, 0.2) is 46.8 Å². The van der Waals surface area contributed by atoms with Gasteiger partial charge in [0.2, 0.25) is 5.91 Å². The van der Waals surface area contributed by atoms with E-state index in [1.165, 1.54) is 0 Å². The van der Waals surface area contributed by atoms with Gasteiger partial charge in [-0.05, 0) is 12.8 Å². The second-order valence-corrected chi connectivity index (χ2v) is 5.24.